The maximum absolute atomic E-state index is 12.8. The molecule has 0 radical (unpaired) electrons. The van der Waals surface area contributed by atoms with Crippen molar-refractivity contribution in [3.05, 3.63) is 76.9 Å². The molecule has 0 aliphatic carbocycles. The van der Waals surface area contributed by atoms with Crippen LogP contribution in [0.3, 0.4) is 0 Å². The lowest BCUT2D eigenvalue weighted by atomic mass is 10.0. The van der Waals surface area contributed by atoms with Crippen molar-refractivity contribution in [1.82, 2.24) is 15.0 Å². The SMILES string of the molecule is Cc1ccc(N2CCc3ncnc(N[C@H](C)c4ccc(C(F)(F)F)cc4)c3C2)nc1. The van der Waals surface area contributed by atoms with Crippen LogP contribution < -0.4 is 10.2 Å². The van der Waals surface area contributed by atoms with Gasteiger partial charge in [-0.1, -0.05) is 18.2 Å². The summed E-state index contributed by atoms with van der Waals surface area (Å²) in [6, 6.07) is 9.03. The van der Waals surface area contributed by atoms with Gasteiger partial charge in [0.15, 0.2) is 0 Å². The summed E-state index contributed by atoms with van der Waals surface area (Å²) in [5, 5.41) is 3.35. The third kappa shape index (κ3) is 4.22. The molecule has 0 unspecified atom stereocenters. The van der Waals surface area contributed by atoms with E-state index in [2.05, 4.69) is 25.2 Å². The number of benzene rings is 1. The van der Waals surface area contributed by atoms with Crippen LogP contribution in [0.4, 0.5) is 24.8 Å². The zero-order valence-corrected chi connectivity index (χ0v) is 16.7. The lowest BCUT2D eigenvalue weighted by Gasteiger charge is -2.30. The lowest BCUT2D eigenvalue weighted by Crippen LogP contribution is -2.32. The molecule has 0 fully saturated rings. The van der Waals surface area contributed by atoms with Crippen molar-refractivity contribution in [2.45, 2.75) is 39.0 Å². The highest BCUT2D eigenvalue weighted by atomic mass is 19.4. The van der Waals surface area contributed by atoms with Gasteiger partial charge in [-0.15, -0.1) is 0 Å². The summed E-state index contributed by atoms with van der Waals surface area (Å²) in [7, 11) is 0. The Morgan fingerprint density at radius 2 is 1.80 bits per heavy atom. The van der Waals surface area contributed by atoms with E-state index >= 15 is 0 Å². The molecule has 2 aromatic heterocycles. The van der Waals surface area contributed by atoms with E-state index in [0.717, 1.165) is 53.3 Å². The van der Waals surface area contributed by atoms with Gasteiger partial charge in [0.25, 0.3) is 0 Å². The van der Waals surface area contributed by atoms with Gasteiger partial charge in [-0.2, -0.15) is 13.2 Å². The number of alkyl halides is 3. The standard InChI is InChI=1S/C22H22F3N5/c1-14-3-8-20(26-11-14)30-10-9-19-18(12-30)21(28-13-27-19)29-15(2)16-4-6-17(7-5-16)22(23,24)25/h3-8,11,13,15H,9-10,12H2,1-2H3,(H,27,28,29)/t15-/m1/s1. The first kappa shape index (κ1) is 20.1. The molecule has 1 aromatic carbocycles. The fraction of sp³-hybridized carbons (Fsp3) is 0.318. The second-order valence-corrected chi connectivity index (χ2v) is 7.50. The van der Waals surface area contributed by atoms with Gasteiger partial charge in [0.05, 0.1) is 11.3 Å². The number of nitrogens with zero attached hydrogens (tertiary/aromatic N) is 4. The van der Waals surface area contributed by atoms with Crippen molar-refractivity contribution < 1.29 is 13.2 Å². The maximum Gasteiger partial charge on any atom is 0.416 e. The van der Waals surface area contributed by atoms with Crippen molar-refractivity contribution in [1.29, 1.82) is 0 Å². The Bertz CT molecular complexity index is 1020. The largest absolute Gasteiger partial charge is 0.416 e. The zero-order valence-electron chi connectivity index (χ0n) is 16.7. The summed E-state index contributed by atoms with van der Waals surface area (Å²) in [6.45, 7) is 5.34. The Morgan fingerprint density at radius 1 is 1.03 bits per heavy atom. The van der Waals surface area contributed by atoms with Gasteiger partial charge in [-0.05, 0) is 43.2 Å². The molecule has 3 aromatic rings. The summed E-state index contributed by atoms with van der Waals surface area (Å²) in [6.07, 6.45) is -0.191. The Morgan fingerprint density at radius 3 is 2.47 bits per heavy atom. The van der Waals surface area contributed by atoms with Gasteiger partial charge in [-0.25, -0.2) is 15.0 Å². The molecular formula is C22H22F3N5. The molecule has 0 saturated carbocycles. The number of anilines is 2. The number of aryl methyl sites for hydroxylation is 1. The van der Waals surface area contributed by atoms with Gasteiger partial charge in [0, 0.05) is 37.3 Å². The third-order valence-corrected chi connectivity index (χ3v) is 5.31. The van der Waals surface area contributed by atoms with Crippen molar-refractivity contribution in [3.8, 4) is 0 Å². The van der Waals surface area contributed by atoms with Gasteiger partial charge in [-0.3, -0.25) is 0 Å². The van der Waals surface area contributed by atoms with Crippen LogP contribution in [0.2, 0.25) is 0 Å². The smallest absolute Gasteiger partial charge is 0.363 e. The Labute approximate surface area is 173 Å². The highest BCUT2D eigenvalue weighted by Gasteiger charge is 2.30. The molecule has 3 heterocycles. The number of aromatic nitrogens is 3. The first-order valence-electron chi connectivity index (χ1n) is 9.75. The van der Waals surface area contributed by atoms with E-state index < -0.39 is 11.7 Å². The molecule has 1 atom stereocenters. The average molecular weight is 413 g/mol. The molecule has 8 heteroatoms. The second kappa shape index (κ2) is 7.93. The third-order valence-electron chi connectivity index (χ3n) is 5.31. The average Bonchev–Trinajstić information content (AvgIpc) is 2.74. The maximum atomic E-state index is 12.8. The molecule has 4 rings (SSSR count). The number of nitrogens with one attached hydrogen (secondary N) is 1. The van der Waals surface area contributed by atoms with Gasteiger partial charge in [0.2, 0.25) is 0 Å². The Balaban J connectivity index is 1.54. The summed E-state index contributed by atoms with van der Waals surface area (Å²) < 4.78 is 38.4. The number of halogens is 3. The van der Waals surface area contributed by atoms with Crippen molar-refractivity contribution >= 4 is 11.6 Å². The monoisotopic (exact) mass is 413 g/mol. The number of pyridine rings is 1. The van der Waals surface area contributed by atoms with Crippen LogP contribution in [0, 0.1) is 6.92 Å². The summed E-state index contributed by atoms with van der Waals surface area (Å²) in [5.41, 5.74) is 3.18. The van der Waals surface area contributed by atoms with Crippen LogP contribution in [0.1, 0.15) is 40.9 Å². The first-order chi connectivity index (χ1) is 14.3. The highest BCUT2D eigenvalue weighted by Crippen LogP contribution is 2.31. The van der Waals surface area contributed by atoms with Crippen molar-refractivity contribution in [2.24, 2.45) is 0 Å². The molecule has 156 valence electrons. The molecule has 0 saturated heterocycles. The van der Waals surface area contributed by atoms with Crippen LogP contribution in [-0.4, -0.2) is 21.5 Å². The van der Waals surface area contributed by atoms with E-state index in [1.807, 2.05) is 32.2 Å². The Hall–Kier alpha value is -3.16. The van der Waals surface area contributed by atoms with E-state index in [1.54, 1.807) is 0 Å². The quantitative estimate of drug-likeness (QED) is 0.657. The summed E-state index contributed by atoms with van der Waals surface area (Å²) in [4.78, 5) is 15.5. The Kier molecular flexibility index (Phi) is 5.32. The predicted octanol–water partition coefficient (Wildman–Crippen LogP) is 4.93. The molecular weight excluding hydrogens is 391 g/mol. The molecule has 0 bridgehead atoms. The summed E-state index contributed by atoms with van der Waals surface area (Å²) >= 11 is 0. The van der Waals surface area contributed by atoms with Crippen LogP contribution in [0.5, 0.6) is 0 Å². The van der Waals surface area contributed by atoms with Crippen LogP contribution in [-0.2, 0) is 19.1 Å². The minimum absolute atomic E-state index is 0.209. The van der Waals surface area contributed by atoms with E-state index in [1.165, 1.54) is 18.5 Å². The summed E-state index contributed by atoms with van der Waals surface area (Å²) in [5.74, 6) is 1.60. The lowest BCUT2D eigenvalue weighted by molar-refractivity contribution is -0.137. The molecule has 5 nitrogen and oxygen atoms in total. The fourth-order valence-corrected chi connectivity index (χ4v) is 3.56. The van der Waals surface area contributed by atoms with Crippen molar-refractivity contribution in [3.63, 3.8) is 0 Å². The van der Waals surface area contributed by atoms with E-state index in [4.69, 9.17) is 0 Å². The number of hydrogen-bond donors (Lipinski definition) is 1. The molecule has 30 heavy (non-hydrogen) atoms. The van der Waals surface area contributed by atoms with Crippen LogP contribution >= 0.6 is 0 Å². The van der Waals surface area contributed by atoms with Crippen LogP contribution in [0.15, 0.2) is 48.9 Å². The molecule has 1 aliphatic rings. The van der Waals surface area contributed by atoms with Crippen molar-refractivity contribution in [2.75, 3.05) is 16.8 Å². The zero-order chi connectivity index (χ0) is 21.3. The second-order valence-electron chi connectivity index (χ2n) is 7.50. The predicted molar refractivity (Wildman–Crippen MR) is 109 cm³/mol. The first-order valence-corrected chi connectivity index (χ1v) is 9.75. The topological polar surface area (TPSA) is 53.9 Å². The molecule has 1 N–H and O–H groups in total. The van der Waals surface area contributed by atoms with Gasteiger partial charge in [0.1, 0.15) is 18.0 Å². The normalized spacial score (nSPS) is 14.9. The van der Waals surface area contributed by atoms with E-state index in [-0.39, 0.29) is 6.04 Å². The highest BCUT2D eigenvalue weighted by molar-refractivity contribution is 5.53. The van der Waals surface area contributed by atoms with Gasteiger partial charge >= 0.3 is 6.18 Å². The fourth-order valence-electron chi connectivity index (χ4n) is 3.56. The van der Waals surface area contributed by atoms with Crippen LogP contribution in [0.25, 0.3) is 0 Å². The minimum atomic E-state index is -4.34. The number of rotatable bonds is 4. The van der Waals surface area contributed by atoms with E-state index in [9.17, 15) is 13.2 Å². The molecule has 0 amide bonds. The number of hydrogen-bond acceptors (Lipinski definition) is 5. The molecule has 0 spiro atoms. The van der Waals surface area contributed by atoms with E-state index in [0.29, 0.717) is 12.4 Å². The number of fused-ring (bicyclic) bond motifs is 1. The van der Waals surface area contributed by atoms with Gasteiger partial charge < -0.3 is 10.2 Å². The molecule has 1 aliphatic heterocycles. The minimum Gasteiger partial charge on any atom is -0.363 e.